The lowest BCUT2D eigenvalue weighted by atomic mass is 10.1. The molecule has 0 unspecified atom stereocenters. The quantitative estimate of drug-likeness (QED) is 0.756. The molecular weight excluding hydrogens is 302 g/mol. The molecule has 0 saturated carbocycles. The molecule has 0 atom stereocenters. The van der Waals surface area contributed by atoms with E-state index >= 15 is 0 Å². The normalized spacial score (nSPS) is 15.6. The van der Waals surface area contributed by atoms with Gasteiger partial charge in [-0.05, 0) is 54.1 Å². The van der Waals surface area contributed by atoms with Gasteiger partial charge in [0.25, 0.3) is 5.91 Å². The van der Waals surface area contributed by atoms with Gasteiger partial charge in [-0.15, -0.1) is 0 Å². The molecule has 1 aliphatic heterocycles. The number of aromatic nitrogens is 2. The number of imidazole rings is 1. The molecule has 5 nitrogen and oxygen atoms in total. The van der Waals surface area contributed by atoms with Gasteiger partial charge in [0.05, 0.1) is 19.0 Å². The number of ether oxygens (including phenoxy) is 1. The van der Waals surface area contributed by atoms with Crippen molar-refractivity contribution < 1.29 is 9.53 Å². The Labute approximate surface area is 138 Å². The molecule has 24 heavy (non-hydrogen) atoms. The minimum atomic E-state index is -0.119. The number of methoxy groups -OCH3 is 1. The number of carbonyl (C=O) groups excluding carboxylic acids is 1. The third-order valence-electron chi connectivity index (χ3n) is 3.96. The van der Waals surface area contributed by atoms with Crippen LogP contribution in [0.3, 0.4) is 0 Å². The van der Waals surface area contributed by atoms with Crippen LogP contribution in [0.1, 0.15) is 11.3 Å². The maximum atomic E-state index is 12.3. The Balaban J connectivity index is 1.70. The van der Waals surface area contributed by atoms with Crippen LogP contribution in [0, 0.1) is 0 Å². The van der Waals surface area contributed by atoms with E-state index in [0.29, 0.717) is 5.57 Å². The summed E-state index contributed by atoms with van der Waals surface area (Å²) in [6.45, 7) is 0. The Morgan fingerprint density at radius 3 is 2.79 bits per heavy atom. The second-order valence-electron chi connectivity index (χ2n) is 5.45. The van der Waals surface area contributed by atoms with E-state index in [1.807, 2.05) is 65.2 Å². The zero-order chi connectivity index (χ0) is 16.5. The highest BCUT2D eigenvalue weighted by atomic mass is 16.5. The van der Waals surface area contributed by atoms with Gasteiger partial charge < -0.3 is 14.5 Å². The van der Waals surface area contributed by atoms with Crippen molar-refractivity contribution in [3.8, 4) is 5.75 Å². The molecule has 0 bridgehead atoms. The topological polar surface area (TPSA) is 55.6 Å². The monoisotopic (exact) mass is 317 g/mol. The zero-order valence-electron chi connectivity index (χ0n) is 13.1. The molecular formula is C19H15N3O2. The second-order valence-corrected chi connectivity index (χ2v) is 5.45. The van der Waals surface area contributed by atoms with Crippen molar-refractivity contribution in [1.82, 2.24) is 14.7 Å². The summed E-state index contributed by atoms with van der Waals surface area (Å²) < 4.78 is 7.10. The van der Waals surface area contributed by atoms with E-state index in [0.717, 1.165) is 28.4 Å². The Hall–Kier alpha value is -3.34. The largest absolute Gasteiger partial charge is 0.497 e. The highest BCUT2D eigenvalue weighted by molar-refractivity contribution is 6.10. The number of hydrogen-bond acceptors (Lipinski definition) is 3. The molecule has 5 heteroatoms. The predicted molar refractivity (Wildman–Crippen MR) is 92.3 cm³/mol. The van der Waals surface area contributed by atoms with E-state index in [1.165, 1.54) is 0 Å². The molecule has 0 radical (unpaired) electrons. The third kappa shape index (κ3) is 2.46. The van der Waals surface area contributed by atoms with Crippen LogP contribution in [-0.2, 0) is 4.79 Å². The minimum Gasteiger partial charge on any atom is -0.497 e. The third-order valence-corrected chi connectivity index (χ3v) is 3.96. The highest BCUT2D eigenvalue weighted by Gasteiger charge is 2.19. The summed E-state index contributed by atoms with van der Waals surface area (Å²) in [6.07, 6.45) is 7.38. The minimum absolute atomic E-state index is 0.119. The van der Waals surface area contributed by atoms with Crippen LogP contribution in [0.25, 0.3) is 17.4 Å². The number of rotatable bonds is 3. The average Bonchev–Trinajstić information content (AvgIpc) is 3.20. The van der Waals surface area contributed by atoms with Gasteiger partial charge in [0, 0.05) is 17.5 Å². The van der Waals surface area contributed by atoms with Gasteiger partial charge in [0.2, 0.25) is 0 Å². The number of benzene rings is 1. The molecule has 0 fully saturated rings. The number of amides is 1. The summed E-state index contributed by atoms with van der Waals surface area (Å²) in [5.74, 6) is 0.664. The Kier molecular flexibility index (Phi) is 3.39. The summed E-state index contributed by atoms with van der Waals surface area (Å²) >= 11 is 0. The van der Waals surface area contributed by atoms with E-state index in [4.69, 9.17) is 4.74 Å². The summed E-state index contributed by atoms with van der Waals surface area (Å²) in [4.78, 5) is 16.6. The number of fused-ring (bicyclic) bond motifs is 1. The first-order valence-electron chi connectivity index (χ1n) is 7.56. The molecule has 0 saturated heterocycles. The Morgan fingerprint density at radius 1 is 1.17 bits per heavy atom. The van der Waals surface area contributed by atoms with Gasteiger partial charge in [-0.25, -0.2) is 4.98 Å². The maximum Gasteiger partial charge on any atom is 0.255 e. The second kappa shape index (κ2) is 5.70. The first-order valence-corrected chi connectivity index (χ1v) is 7.56. The van der Waals surface area contributed by atoms with Gasteiger partial charge in [-0.2, -0.15) is 0 Å². The summed E-state index contributed by atoms with van der Waals surface area (Å²) in [6, 6.07) is 13.4. The van der Waals surface area contributed by atoms with E-state index in [9.17, 15) is 4.79 Å². The van der Waals surface area contributed by atoms with Gasteiger partial charge in [-0.1, -0.05) is 6.07 Å². The molecule has 4 rings (SSSR count). The molecule has 0 aliphatic carbocycles. The van der Waals surface area contributed by atoms with Crippen LogP contribution < -0.4 is 10.1 Å². The van der Waals surface area contributed by atoms with E-state index in [2.05, 4.69) is 10.3 Å². The number of hydrogen-bond donors (Lipinski definition) is 1. The molecule has 1 amide bonds. The first kappa shape index (κ1) is 14.3. The Bertz CT molecular complexity index is 981. The standard InChI is InChI=1S/C19H15N3O2/c1-24-16-7-5-13(6-8-16)17-11-14(19(23)21-17)10-15-12-20-18-4-2-3-9-22(15)18/h2-12H,1H3,(H,21,23)/b14-10+. The number of nitrogens with one attached hydrogen (secondary N) is 1. The fourth-order valence-electron chi connectivity index (χ4n) is 2.70. The van der Waals surface area contributed by atoms with Crippen molar-refractivity contribution in [2.75, 3.05) is 7.11 Å². The van der Waals surface area contributed by atoms with Crippen molar-refractivity contribution in [3.05, 3.63) is 77.8 Å². The smallest absolute Gasteiger partial charge is 0.255 e. The summed E-state index contributed by atoms with van der Waals surface area (Å²) in [7, 11) is 1.63. The van der Waals surface area contributed by atoms with Crippen molar-refractivity contribution in [3.63, 3.8) is 0 Å². The maximum absolute atomic E-state index is 12.3. The average molecular weight is 317 g/mol. The van der Waals surface area contributed by atoms with E-state index < -0.39 is 0 Å². The van der Waals surface area contributed by atoms with Crippen molar-refractivity contribution in [2.24, 2.45) is 0 Å². The van der Waals surface area contributed by atoms with Crippen LogP contribution in [0.4, 0.5) is 0 Å². The summed E-state index contributed by atoms with van der Waals surface area (Å²) in [5, 5.41) is 2.90. The van der Waals surface area contributed by atoms with Gasteiger partial charge in [-0.3, -0.25) is 4.79 Å². The lowest BCUT2D eigenvalue weighted by Crippen LogP contribution is -2.15. The first-order chi connectivity index (χ1) is 11.7. The van der Waals surface area contributed by atoms with Gasteiger partial charge in [0.1, 0.15) is 11.4 Å². The molecule has 1 N–H and O–H groups in total. The number of nitrogens with zero attached hydrogens (tertiary/aromatic N) is 2. The fraction of sp³-hybridized carbons (Fsp3) is 0.0526. The van der Waals surface area contributed by atoms with Crippen LogP contribution >= 0.6 is 0 Å². The van der Waals surface area contributed by atoms with E-state index in [1.54, 1.807) is 13.3 Å². The molecule has 3 heterocycles. The number of pyridine rings is 1. The summed E-state index contributed by atoms with van der Waals surface area (Å²) in [5.41, 5.74) is 4.03. The highest BCUT2D eigenvalue weighted by Crippen LogP contribution is 2.24. The lowest BCUT2D eigenvalue weighted by molar-refractivity contribution is -0.115. The van der Waals surface area contributed by atoms with Crippen LogP contribution in [0.2, 0.25) is 0 Å². The lowest BCUT2D eigenvalue weighted by Gasteiger charge is -2.04. The fourth-order valence-corrected chi connectivity index (χ4v) is 2.70. The van der Waals surface area contributed by atoms with E-state index in [-0.39, 0.29) is 5.91 Å². The zero-order valence-corrected chi connectivity index (χ0v) is 13.1. The molecule has 1 aromatic carbocycles. The predicted octanol–water partition coefficient (Wildman–Crippen LogP) is 2.90. The van der Waals surface area contributed by atoms with Crippen LogP contribution in [0.5, 0.6) is 5.75 Å². The van der Waals surface area contributed by atoms with Crippen LogP contribution in [-0.4, -0.2) is 22.4 Å². The molecule has 3 aromatic rings. The van der Waals surface area contributed by atoms with Gasteiger partial charge in [0.15, 0.2) is 0 Å². The SMILES string of the molecule is COc1ccc(C2=C/C(=C\c3cnc4ccccn34)C(=O)N2)cc1. The van der Waals surface area contributed by atoms with Crippen molar-refractivity contribution in [1.29, 1.82) is 0 Å². The van der Waals surface area contributed by atoms with Gasteiger partial charge >= 0.3 is 0 Å². The molecule has 1 aliphatic rings. The van der Waals surface area contributed by atoms with Crippen molar-refractivity contribution >= 4 is 23.3 Å². The Morgan fingerprint density at radius 2 is 2.00 bits per heavy atom. The molecule has 0 spiro atoms. The van der Waals surface area contributed by atoms with Crippen LogP contribution in [0.15, 0.2) is 66.5 Å². The van der Waals surface area contributed by atoms with Crippen molar-refractivity contribution in [2.45, 2.75) is 0 Å². The number of carbonyl (C=O) groups is 1. The molecule has 118 valence electrons. The molecule has 2 aromatic heterocycles.